The maximum Gasteiger partial charge on any atom is 0.246 e. The molecule has 4 aliphatic heterocycles. The number of benzene rings is 1. The number of amides is 3. The van der Waals surface area contributed by atoms with Crippen LogP contribution < -0.4 is 10.6 Å². The van der Waals surface area contributed by atoms with Crippen LogP contribution in [0.15, 0.2) is 30.4 Å². The summed E-state index contributed by atoms with van der Waals surface area (Å²) in [6, 6.07) is 5.22. The molecule has 8 atom stereocenters. The van der Waals surface area contributed by atoms with Crippen LogP contribution in [0.2, 0.25) is 0 Å². The highest BCUT2D eigenvalue weighted by Gasteiger charge is 2.72. The Morgan fingerprint density at radius 1 is 0.977 bits per heavy atom. The van der Waals surface area contributed by atoms with Gasteiger partial charge in [-0.3, -0.25) is 14.4 Å². The highest BCUT2D eigenvalue weighted by Crippen LogP contribution is 2.55. The average molecular weight is 606 g/mol. The Balaban J connectivity index is 1.23. The van der Waals surface area contributed by atoms with Crippen molar-refractivity contribution < 1.29 is 19.1 Å². The van der Waals surface area contributed by atoms with Crippen molar-refractivity contribution in [3.05, 3.63) is 41.5 Å². The first-order valence-corrected chi connectivity index (χ1v) is 16.9. The number of ether oxygens (including phenoxy) is 1. The van der Waals surface area contributed by atoms with Crippen molar-refractivity contribution >= 4 is 23.4 Å². The number of likely N-dealkylation sites (tertiary alicyclic amines) is 1. The molecule has 0 radical (unpaired) electrons. The number of carbonyl (C=O) groups is 3. The third-order valence-corrected chi connectivity index (χ3v) is 11.2. The topological polar surface area (TPSA) is 94.2 Å². The van der Waals surface area contributed by atoms with Crippen LogP contribution in [0.5, 0.6) is 0 Å². The Hall–Kier alpha value is -2.75. The van der Waals surface area contributed by atoms with E-state index < -0.39 is 29.6 Å². The molecule has 1 aliphatic carbocycles. The van der Waals surface area contributed by atoms with Gasteiger partial charge in [-0.1, -0.05) is 51.8 Å². The van der Waals surface area contributed by atoms with Crippen molar-refractivity contribution in [1.82, 2.24) is 20.0 Å². The average Bonchev–Trinajstić information content (AvgIpc) is 3.62. The van der Waals surface area contributed by atoms with E-state index in [1.165, 1.54) is 6.42 Å². The number of piperazine rings is 1. The van der Waals surface area contributed by atoms with Gasteiger partial charge in [0.2, 0.25) is 17.7 Å². The molecule has 0 unspecified atom stereocenters. The molecule has 240 valence electrons. The Bertz CT molecular complexity index is 1270. The summed E-state index contributed by atoms with van der Waals surface area (Å²) < 4.78 is 6.58. The number of rotatable bonds is 9. The molecule has 3 saturated heterocycles. The van der Waals surface area contributed by atoms with Crippen LogP contribution >= 0.6 is 0 Å². The van der Waals surface area contributed by atoms with E-state index in [2.05, 4.69) is 47.3 Å². The fourth-order valence-electron chi connectivity index (χ4n) is 8.62. The first kappa shape index (κ1) is 31.2. The number of carbonyl (C=O) groups excluding carboxylic acids is 3. The molecule has 1 saturated carbocycles. The standard InChI is InChI=1S/C35H51N5O4/c1-6-38-15-17-39(18-16-38)13-8-14-40-31(33(42)37-27-10-7-9-24(4)25(27)5)35-12-11-28(44-35)29(30(35)34(40)43)32(41)36-26-20-22(2)19-23(3)21-26/h11-12,19-21,24-25,27-31H,6-10,13-18H2,1-5H3,(H,36,41)(H,37,42)/t24-,25-,27-,28+,29-,30+,31+,35+/m1/s1. The van der Waals surface area contributed by atoms with Crippen molar-refractivity contribution in [3.8, 4) is 0 Å². The Kier molecular flexibility index (Phi) is 8.92. The van der Waals surface area contributed by atoms with Crippen molar-refractivity contribution in [3.63, 3.8) is 0 Å². The molecule has 2 N–H and O–H groups in total. The molecular weight excluding hydrogens is 554 g/mol. The van der Waals surface area contributed by atoms with Gasteiger partial charge in [-0.15, -0.1) is 0 Å². The Labute approximate surface area is 262 Å². The van der Waals surface area contributed by atoms with Gasteiger partial charge in [0.05, 0.1) is 17.9 Å². The molecule has 9 nitrogen and oxygen atoms in total. The monoisotopic (exact) mass is 605 g/mol. The number of fused-ring (bicyclic) bond motifs is 1. The minimum Gasteiger partial charge on any atom is -0.359 e. The minimum atomic E-state index is -1.13. The van der Waals surface area contributed by atoms with E-state index in [1.54, 1.807) is 4.90 Å². The van der Waals surface area contributed by atoms with Gasteiger partial charge >= 0.3 is 0 Å². The predicted molar refractivity (Wildman–Crippen MR) is 171 cm³/mol. The lowest BCUT2D eigenvalue weighted by molar-refractivity contribution is -0.141. The molecule has 6 rings (SSSR count). The second-order valence-electron chi connectivity index (χ2n) is 14.1. The maximum absolute atomic E-state index is 14.4. The molecule has 1 spiro atoms. The molecule has 3 amide bonds. The van der Waals surface area contributed by atoms with Crippen molar-refractivity contribution in [1.29, 1.82) is 0 Å². The van der Waals surface area contributed by atoms with Crippen molar-refractivity contribution in [2.24, 2.45) is 23.7 Å². The van der Waals surface area contributed by atoms with Crippen LogP contribution in [-0.2, 0) is 19.1 Å². The summed E-state index contributed by atoms with van der Waals surface area (Å²) in [6.45, 7) is 17.2. The first-order valence-electron chi connectivity index (χ1n) is 16.9. The SMILES string of the molecule is CCN1CCN(CCCN2C(=O)[C@@H]3[C@H](C(=O)Nc4cc(C)cc(C)c4)[C@@H]4C=C[C@@]3(O4)[C@@H]2C(=O)N[C@@H]2CCC[C@@H](C)[C@H]2C)CC1. The molecule has 4 fully saturated rings. The van der Waals surface area contributed by atoms with Crippen LogP contribution in [0, 0.1) is 37.5 Å². The summed E-state index contributed by atoms with van der Waals surface area (Å²) in [5.41, 5.74) is 1.70. The number of nitrogens with zero attached hydrogens (tertiary/aromatic N) is 3. The number of hydrogen-bond donors (Lipinski definition) is 2. The molecular formula is C35H51N5O4. The largest absolute Gasteiger partial charge is 0.359 e. The van der Waals surface area contributed by atoms with E-state index in [0.717, 1.165) is 69.7 Å². The molecule has 1 aromatic carbocycles. The van der Waals surface area contributed by atoms with Crippen LogP contribution in [0.4, 0.5) is 5.69 Å². The lowest BCUT2D eigenvalue weighted by Crippen LogP contribution is -2.58. The molecule has 44 heavy (non-hydrogen) atoms. The quantitative estimate of drug-likeness (QED) is 0.420. The van der Waals surface area contributed by atoms with Gasteiger partial charge in [0.1, 0.15) is 11.6 Å². The molecule has 5 aliphatic rings. The van der Waals surface area contributed by atoms with Crippen molar-refractivity contribution in [2.75, 3.05) is 51.1 Å². The van der Waals surface area contributed by atoms with E-state index >= 15 is 0 Å². The molecule has 0 aromatic heterocycles. The number of hydrogen-bond acceptors (Lipinski definition) is 6. The molecule has 9 heteroatoms. The predicted octanol–water partition coefficient (Wildman–Crippen LogP) is 3.36. The summed E-state index contributed by atoms with van der Waals surface area (Å²) >= 11 is 0. The van der Waals surface area contributed by atoms with Gasteiger partial charge in [-0.2, -0.15) is 0 Å². The zero-order valence-corrected chi connectivity index (χ0v) is 27.2. The summed E-state index contributed by atoms with van der Waals surface area (Å²) in [5.74, 6) is -1.04. The molecule has 1 aromatic rings. The minimum absolute atomic E-state index is 0.0692. The van der Waals surface area contributed by atoms with Gasteiger partial charge in [-0.05, 0) is 74.9 Å². The number of likely N-dealkylation sites (N-methyl/N-ethyl adjacent to an activating group) is 1. The fraction of sp³-hybridized carbons (Fsp3) is 0.686. The first-order chi connectivity index (χ1) is 21.1. The van der Waals surface area contributed by atoms with E-state index in [9.17, 15) is 14.4 Å². The third-order valence-electron chi connectivity index (χ3n) is 11.2. The lowest BCUT2D eigenvalue weighted by atomic mass is 9.73. The summed E-state index contributed by atoms with van der Waals surface area (Å²) in [6.07, 6.45) is 7.26. The molecule has 4 heterocycles. The smallest absolute Gasteiger partial charge is 0.246 e. The number of aryl methyl sites for hydroxylation is 2. The zero-order chi connectivity index (χ0) is 31.2. The normalized spacial score (nSPS) is 35.2. The van der Waals surface area contributed by atoms with E-state index in [4.69, 9.17) is 4.74 Å². The van der Waals surface area contributed by atoms with E-state index in [1.807, 2.05) is 38.1 Å². The third kappa shape index (κ3) is 5.71. The van der Waals surface area contributed by atoms with Gasteiger partial charge in [0.15, 0.2) is 0 Å². The van der Waals surface area contributed by atoms with E-state index in [-0.39, 0.29) is 23.8 Å². The summed E-state index contributed by atoms with van der Waals surface area (Å²) in [4.78, 5) is 49.2. The summed E-state index contributed by atoms with van der Waals surface area (Å²) in [7, 11) is 0. The zero-order valence-electron chi connectivity index (χ0n) is 27.2. The van der Waals surface area contributed by atoms with E-state index in [0.29, 0.717) is 24.1 Å². The number of anilines is 1. The highest BCUT2D eigenvalue weighted by molar-refractivity contribution is 6.02. The summed E-state index contributed by atoms with van der Waals surface area (Å²) in [5, 5.41) is 6.44. The molecule has 2 bridgehead atoms. The van der Waals surface area contributed by atoms with Gasteiger partial charge in [0.25, 0.3) is 0 Å². The van der Waals surface area contributed by atoms with Crippen LogP contribution in [0.1, 0.15) is 57.6 Å². The number of nitrogens with one attached hydrogen (secondary N) is 2. The van der Waals surface area contributed by atoms with Crippen LogP contribution in [-0.4, -0.2) is 102 Å². The van der Waals surface area contributed by atoms with Crippen molar-refractivity contribution in [2.45, 2.75) is 84.1 Å². The Morgan fingerprint density at radius 3 is 2.39 bits per heavy atom. The highest BCUT2D eigenvalue weighted by atomic mass is 16.5. The van der Waals surface area contributed by atoms with Gasteiger partial charge < -0.3 is 30.1 Å². The second kappa shape index (κ2) is 12.6. The van der Waals surface area contributed by atoms with Crippen LogP contribution in [0.25, 0.3) is 0 Å². The lowest BCUT2D eigenvalue weighted by Gasteiger charge is -2.38. The fourth-order valence-corrected chi connectivity index (χ4v) is 8.62. The van der Waals surface area contributed by atoms with Gasteiger partial charge in [0, 0.05) is 44.5 Å². The second-order valence-corrected chi connectivity index (χ2v) is 14.1. The van der Waals surface area contributed by atoms with Crippen LogP contribution in [0.3, 0.4) is 0 Å². The Morgan fingerprint density at radius 2 is 1.68 bits per heavy atom. The maximum atomic E-state index is 14.4. The van der Waals surface area contributed by atoms with Gasteiger partial charge in [-0.25, -0.2) is 0 Å².